The first-order valence-corrected chi connectivity index (χ1v) is 47.5. The van der Waals surface area contributed by atoms with Crippen LogP contribution in [0.3, 0.4) is 0 Å². The fourth-order valence-electron chi connectivity index (χ4n) is 15.9. The van der Waals surface area contributed by atoms with E-state index < -0.39 is 100 Å². The topological polar surface area (TPSA) is 286 Å². The molecule has 0 saturated carbocycles. The molecule has 4 heterocycles. The Morgan fingerprint density at radius 3 is 0.863 bits per heavy atom. The Balaban J connectivity index is 0.000000646. The molecule has 4 aliphatic rings. The van der Waals surface area contributed by atoms with Crippen LogP contribution in [0.2, 0.25) is 0 Å². The van der Waals surface area contributed by atoms with E-state index in [0.717, 1.165) is 62.8 Å². The van der Waals surface area contributed by atoms with Gasteiger partial charge in [0.05, 0.1) is 156 Å². The molecule has 0 amide bonds. The number of ether oxygens (including phenoxy) is 10. The molecule has 6 aromatic rings. The van der Waals surface area contributed by atoms with Crippen molar-refractivity contribution in [1.82, 2.24) is 9.34 Å². The van der Waals surface area contributed by atoms with E-state index in [1.165, 1.54) is 0 Å². The Hall–Kier alpha value is -3.21. The van der Waals surface area contributed by atoms with E-state index in [2.05, 4.69) is 136 Å². The van der Waals surface area contributed by atoms with Crippen LogP contribution in [0.4, 0.5) is 0 Å². The second-order valence-corrected chi connectivity index (χ2v) is 37.4. The van der Waals surface area contributed by atoms with Crippen molar-refractivity contribution in [3.8, 4) is 47.3 Å². The monoisotopic (exact) mass is 2110 g/mol. The third kappa shape index (κ3) is 33.0. The third-order valence-electron chi connectivity index (χ3n) is 22.6. The van der Waals surface area contributed by atoms with Gasteiger partial charge in [-0.25, -0.2) is 9.34 Å². The third-order valence-corrected chi connectivity index (χ3v) is 29.2. The summed E-state index contributed by atoms with van der Waals surface area (Å²) in [7, 11) is -0.585. The number of hydrogen-bond acceptors (Lipinski definition) is 26. The van der Waals surface area contributed by atoms with Crippen LogP contribution in [-0.2, 0) is 183 Å². The first kappa shape index (κ1) is 122. The van der Waals surface area contributed by atoms with Crippen molar-refractivity contribution in [2.24, 2.45) is 23.7 Å². The van der Waals surface area contributed by atoms with Crippen molar-refractivity contribution in [3.05, 3.63) is 234 Å². The molecule has 0 spiro atoms. The van der Waals surface area contributed by atoms with Gasteiger partial charge in [-0.2, -0.15) is 21.0 Å². The maximum atomic E-state index is 9.45. The van der Waals surface area contributed by atoms with E-state index in [9.17, 15) is 21.0 Å². The van der Waals surface area contributed by atoms with Crippen LogP contribution in [0, 0.1) is 112 Å². The minimum absolute atomic E-state index is 0. The van der Waals surface area contributed by atoms with Gasteiger partial charge in [0.25, 0.3) is 17.1 Å². The van der Waals surface area contributed by atoms with E-state index in [1.54, 1.807) is 28.4 Å². The Bertz CT molecular complexity index is 4200. The van der Waals surface area contributed by atoms with Crippen molar-refractivity contribution in [3.63, 3.8) is 0 Å². The average Bonchev–Trinajstić information content (AvgIpc) is 1.57. The van der Waals surface area contributed by atoms with Gasteiger partial charge in [-0.3, -0.25) is 0 Å². The molecule has 33 heteroatoms. The zero-order valence-corrected chi connectivity index (χ0v) is 92.3. The van der Waals surface area contributed by atoms with Gasteiger partial charge in [0.1, 0.15) is 64.7 Å². The summed E-state index contributed by atoms with van der Waals surface area (Å²) in [5, 5.41) is 37.4. The van der Waals surface area contributed by atoms with Gasteiger partial charge < -0.3 is 136 Å². The van der Waals surface area contributed by atoms with Crippen LogP contribution in [-0.4, -0.2) is 188 Å². The van der Waals surface area contributed by atoms with Crippen molar-refractivity contribution < 1.29 is 191 Å². The molecule has 0 N–H and O–H groups in total. The number of hydrogen-bond donors (Lipinski definition) is 0. The molecule has 0 bridgehead atoms. The molecule has 10 rings (SSSR count). The summed E-state index contributed by atoms with van der Waals surface area (Å²) in [6.07, 6.45) is -3.84. The van der Waals surface area contributed by atoms with Gasteiger partial charge in [0.2, 0.25) is 0 Å². The first-order chi connectivity index (χ1) is 60.3. The van der Waals surface area contributed by atoms with Crippen LogP contribution >= 0.6 is 34.3 Å². The van der Waals surface area contributed by atoms with E-state index in [-0.39, 0.29) is 265 Å². The Morgan fingerprint density at radius 2 is 0.595 bits per heavy atom. The van der Waals surface area contributed by atoms with Crippen molar-refractivity contribution in [2.45, 2.75) is 231 Å². The van der Waals surface area contributed by atoms with Gasteiger partial charge in [-0.1, -0.05) is 162 Å². The number of methoxy groups -OCH3 is 4. The number of nitrogens with zero attached hydrogens (tertiary/aromatic N) is 6. The number of nitriles is 4. The zero-order valence-electron chi connectivity index (χ0n) is 80.2. The van der Waals surface area contributed by atoms with Crippen LogP contribution < -0.4 is 18.9 Å². The number of benzene rings is 6. The maximum Gasteiger partial charge on any atom is 0.333 e. The summed E-state index contributed by atoms with van der Waals surface area (Å²) in [6.45, 7) is 41.0. The van der Waals surface area contributed by atoms with Crippen molar-refractivity contribution in [2.75, 3.05) is 81.3 Å². The smallest absolute Gasteiger partial charge is 0.333 e. The minimum Gasteiger partial charge on any atom is -0.497 e. The molecule has 26 nitrogen and oxygen atoms in total. The number of rotatable bonds is 49. The summed E-state index contributed by atoms with van der Waals surface area (Å²) in [4.78, 5) is 0. The Kier molecular flexibility index (Phi) is 57.8. The first-order valence-electron chi connectivity index (χ1n) is 43.1. The predicted octanol–water partition coefficient (Wildman–Crippen LogP) is 21.3. The quantitative estimate of drug-likeness (QED) is 0.0148. The molecule has 715 valence electrons. The fraction of sp³-hybridized carbons (Fsp3) is 0.531. The molecule has 0 aliphatic carbocycles. The SMILES string of the molecule is [CH2-][C@@H]1O[C@H](COC(c2ccccc2)(c2ccc(OC)cc2)c2ccc(OC)cc2)[C@H](OP(OCCC#N)OC[C@H]2O[C@@H]([CH2-])[C@@H](C)[C@H]2OP(OCCC#N)N(C(C)C)C(C)C)[C@@H]1C.[CH2-][C@@H]1O[C@H](COP(OCCC#N)O[C@@H]2[C@H](C)[C@H](CC)O[C@@H]2COC(c2ccccc2)(c2ccc(OC)cc2)c2ccc(OC)cc2)[C@H](OP(OCCC#N)N(C(C)C)C(C)C)[C@@H]1C.[CH3-].[CH3-].[CH3-].[Y].[Y].[Y]. The van der Waals surface area contributed by atoms with Crippen LogP contribution in [0.25, 0.3) is 0 Å². The summed E-state index contributed by atoms with van der Waals surface area (Å²) in [5.41, 5.74) is 3.24. The predicted molar refractivity (Wildman–Crippen MR) is 501 cm³/mol. The zero-order chi connectivity index (χ0) is 90.3. The van der Waals surface area contributed by atoms with E-state index in [0.29, 0.717) is 0 Å². The molecule has 131 heavy (non-hydrogen) atoms. The molecule has 4 unspecified atom stereocenters. The van der Waals surface area contributed by atoms with E-state index in [1.807, 2.05) is 166 Å². The largest absolute Gasteiger partial charge is 0.497 e. The fourth-order valence-corrected chi connectivity index (χ4v) is 22.1. The normalized spacial score (nSPS) is 23.6. The van der Waals surface area contributed by atoms with Crippen LogP contribution in [0.1, 0.15) is 155 Å². The molecule has 20 atom stereocenters. The van der Waals surface area contributed by atoms with Gasteiger partial charge in [0, 0.05) is 128 Å². The summed E-state index contributed by atoms with van der Waals surface area (Å²) in [5.74, 6) is 2.47. The molecule has 4 aliphatic heterocycles. The van der Waals surface area contributed by atoms with Gasteiger partial charge >= 0.3 is 17.2 Å². The van der Waals surface area contributed by atoms with Crippen molar-refractivity contribution >= 4 is 34.3 Å². The van der Waals surface area contributed by atoms with Gasteiger partial charge in [-0.15, -0.1) is 0 Å². The minimum atomic E-state index is -2.04. The molecule has 0 aromatic heterocycles. The summed E-state index contributed by atoms with van der Waals surface area (Å²) < 4.78 is 132. The standard InChI is InChI=1S/C48H66N3O10P2.C47H63N3O10P2.3CH3.3Y/c1-11-43-36(7)47(44(59-43)31-54-48(38-17-13-12-14-18-38,39-19-23-41(52-9)24-20-39)40-21-25-42(53-10)26-22-40)61-63(56-30-16-28-50)57-32-45-46(35(6)37(8)58-45)60-62(55-29-15-27-49)51(33(2)3)34(4)5;1-32(2)50(33(3)4)61(54-28-14-26-48)59-45-34(5)36(7)58-44(45)31-56-62(55-29-15-27-49)60-46-35(6)37(8)57-43(46)30-53-47(38-16-12-11-13-17-38,39-18-22-41(51-9)23-19-39)40-20-24-42(52-10)25-21-40;;;;;;/h12-14,17-26,33-37,43-47H,8,11,15-16,29-32H2,1-7,9-10H3;11-13,16-25,32-37,43-46H,7-8,14-15,28-31H2,1-6,9-10H3;3*1H3;;;/q-1;-2;3*-1;;;/t35-,36-,37+,43+,44-,45-,46-,47-,62?,63?;34-,35-,36+,37+,43-,44-,45-,46-,61?,62?;;;;;;/m11....../s1. The second-order valence-electron chi connectivity index (χ2n) is 32.2. The van der Waals surface area contributed by atoms with Gasteiger partial charge in [0.15, 0.2) is 0 Å². The Labute approximate surface area is 864 Å². The van der Waals surface area contributed by atoms with Gasteiger partial charge in [-0.05, 0) is 161 Å². The second kappa shape index (κ2) is 62.1. The van der Waals surface area contributed by atoms with Crippen molar-refractivity contribution in [1.29, 1.82) is 21.0 Å². The average molecular weight is 2110 g/mol. The van der Waals surface area contributed by atoms with E-state index in [4.69, 9.17) is 92.6 Å². The molecule has 4 fully saturated rings. The summed E-state index contributed by atoms with van der Waals surface area (Å²) >= 11 is 0. The van der Waals surface area contributed by atoms with Crippen LogP contribution in [0.5, 0.6) is 23.0 Å². The molecule has 4 saturated heterocycles. The maximum absolute atomic E-state index is 9.45. The molecule has 6 aromatic carbocycles. The molecular formula is C98H138N6O20P4Y3-6. The summed E-state index contributed by atoms with van der Waals surface area (Å²) in [6, 6.07) is 60.8. The molecule has 3 radical (unpaired) electrons. The van der Waals surface area contributed by atoms with E-state index >= 15 is 0 Å². The van der Waals surface area contributed by atoms with Crippen LogP contribution in [0.15, 0.2) is 158 Å². The molecular weight excluding hydrogens is 1970 g/mol. The Morgan fingerprint density at radius 1 is 0.344 bits per heavy atom.